The third kappa shape index (κ3) is 6.54. The zero-order chi connectivity index (χ0) is 14.5. The first-order valence-electron chi connectivity index (χ1n) is 6.81. The molecule has 110 valence electrons. The fraction of sp³-hybridized carbons (Fsp3) is 0.846. The maximum Gasteiger partial charge on any atom is 0.321 e. The number of hydrogen-bond acceptors (Lipinski definition) is 4. The molecule has 19 heavy (non-hydrogen) atoms. The molecule has 0 aromatic heterocycles. The Labute approximate surface area is 115 Å². The van der Waals surface area contributed by atoms with Crippen LogP contribution in [0.2, 0.25) is 0 Å². The normalized spacial score (nSPS) is 20.2. The van der Waals surface area contributed by atoms with Crippen LogP contribution >= 0.6 is 0 Å². The number of hydrogen-bond donors (Lipinski definition) is 3. The predicted octanol–water partition coefficient (Wildman–Crippen LogP) is 0.295. The number of nitrogens with one attached hydrogen (secondary N) is 3. The van der Waals surface area contributed by atoms with E-state index in [1.165, 1.54) is 0 Å². The maximum absolute atomic E-state index is 11.8. The third-order valence-corrected chi connectivity index (χ3v) is 3.03. The van der Waals surface area contributed by atoms with Crippen LogP contribution in [-0.2, 0) is 4.79 Å². The van der Waals surface area contributed by atoms with Crippen molar-refractivity contribution in [2.45, 2.75) is 45.2 Å². The van der Waals surface area contributed by atoms with Gasteiger partial charge in [0, 0.05) is 18.1 Å². The van der Waals surface area contributed by atoms with Crippen molar-refractivity contribution >= 4 is 11.9 Å². The van der Waals surface area contributed by atoms with Crippen molar-refractivity contribution in [3.63, 3.8) is 0 Å². The molecule has 1 rings (SSSR count). The van der Waals surface area contributed by atoms with Crippen molar-refractivity contribution in [1.29, 1.82) is 0 Å². The van der Waals surface area contributed by atoms with Crippen LogP contribution in [-0.4, -0.2) is 55.1 Å². The lowest BCUT2D eigenvalue weighted by Crippen LogP contribution is -2.52. The van der Waals surface area contributed by atoms with Gasteiger partial charge in [-0.1, -0.05) is 0 Å². The second-order valence-electron chi connectivity index (χ2n) is 6.17. The average molecular weight is 270 g/mol. The number of likely N-dealkylation sites (N-methyl/N-ethyl adjacent to an activating group) is 1. The molecule has 1 fully saturated rings. The smallest absolute Gasteiger partial charge is 0.321 e. The Morgan fingerprint density at radius 1 is 1.37 bits per heavy atom. The van der Waals surface area contributed by atoms with E-state index >= 15 is 0 Å². The molecular formula is C13H26N4O2. The highest BCUT2D eigenvalue weighted by Crippen LogP contribution is 2.07. The zero-order valence-electron chi connectivity index (χ0n) is 12.4. The van der Waals surface area contributed by atoms with Gasteiger partial charge in [-0.3, -0.25) is 15.0 Å². The Bertz CT molecular complexity index is 319. The lowest BCUT2D eigenvalue weighted by atomic mass is 10.1. The molecule has 3 amide bonds. The van der Waals surface area contributed by atoms with Gasteiger partial charge in [0.25, 0.3) is 0 Å². The Balaban J connectivity index is 2.31. The molecule has 0 bridgehead atoms. The largest absolute Gasteiger partial charge is 0.333 e. The summed E-state index contributed by atoms with van der Waals surface area (Å²) < 4.78 is 0. The molecule has 0 aliphatic carbocycles. The zero-order valence-corrected chi connectivity index (χ0v) is 12.4. The summed E-state index contributed by atoms with van der Waals surface area (Å²) in [5.74, 6) is -0.269. The molecule has 6 nitrogen and oxygen atoms in total. The second kappa shape index (κ2) is 6.86. The minimum atomic E-state index is -0.437. The van der Waals surface area contributed by atoms with E-state index in [1.807, 2.05) is 32.7 Å². The van der Waals surface area contributed by atoms with Gasteiger partial charge in [0.15, 0.2) is 0 Å². The molecular weight excluding hydrogens is 244 g/mol. The van der Waals surface area contributed by atoms with Gasteiger partial charge in [0.2, 0.25) is 5.91 Å². The molecule has 1 aliphatic rings. The van der Waals surface area contributed by atoms with E-state index in [0.29, 0.717) is 6.04 Å². The van der Waals surface area contributed by atoms with Crippen LogP contribution in [0.4, 0.5) is 4.79 Å². The van der Waals surface area contributed by atoms with Gasteiger partial charge in [0.05, 0.1) is 6.54 Å². The van der Waals surface area contributed by atoms with Gasteiger partial charge in [-0.2, -0.15) is 0 Å². The van der Waals surface area contributed by atoms with E-state index in [1.54, 1.807) is 0 Å². The molecule has 1 saturated heterocycles. The molecule has 1 heterocycles. The van der Waals surface area contributed by atoms with E-state index in [9.17, 15) is 9.59 Å². The highest BCUT2D eigenvalue weighted by molar-refractivity contribution is 5.95. The molecule has 1 aliphatic heterocycles. The fourth-order valence-corrected chi connectivity index (χ4v) is 2.10. The summed E-state index contributed by atoms with van der Waals surface area (Å²) in [5.41, 5.74) is -0.344. The molecule has 3 N–H and O–H groups in total. The van der Waals surface area contributed by atoms with Crippen LogP contribution in [0.25, 0.3) is 0 Å². The van der Waals surface area contributed by atoms with Gasteiger partial charge in [-0.25, -0.2) is 4.79 Å². The summed E-state index contributed by atoms with van der Waals surface area (Å²) >= 11 is 0. The summed E-state index contributed by atoms with van der Waals surface area (Å²) in [6.45, 7) is 7.80. The Hall–Kier alpha value is -1.14. The van der Waals surface area contributed by atoms with Crippen LogP contribution in [0.5, 0.6) is 0 Å². The van der Waals surface area contributed by atoms with Gasteiger partial charge in [-0.05, 0) is 47.2 Å². The standard InChI is InChI=1S/C13H26N4O2/c1-13(2,3)16-12(19)15-11(18)9-17(4)10-6-5-7-14-8-10/h10,14H,5-9H2,1-4H3,(H2,15,16,18,19). The summed E-state index contributed by atoms with van der Waals surface area (Å²) in [7, 11) is 1.92. The number of nitrogens with zero attached hydrogens (tertiary/aromatic N) is 1. The van der Waals surface area contributed by atoms with E-state index in [2.05, 4.69) is 16.0 Å². The first kappa shape index (κ1) is 15.9. The van der Waals surface area contributed by atoms with Gasteiger partial charge in [-0.15, -0.1) is 0 Å². The van der Waals surface area contributed by atoms with E-state index in [-0.39, 0.29) is 18.0 Å². The SMILES string of the molecule is CN(CC(=O)NC(=O)NC(C)(C)C)C1CCCNC1. The maximum atomic E-state index is 11.8. The molecule has 0 aromatic rings. The summed E-state index contributed by atoms with van der Waals surface area (Å²) in [6, 6.07) is -0.0714. The number of carbonyl (C=O) groups is 2. The molecule has 1 atom stereocenters. The van der Waals surface area contributed by atoms with E-state index in [0.717, 1.165) is 25.9 Å². The number of piperidine rings is 1. The lowest BCUT2D eigenvalue weighted by molar-refractivity contribution is -0.121. The van der Waals surface area contributed by atoms with Crippen molar-refractivity contribution in [3.05, 3.63) is 0 Å². The van der Waals surface area contributed by atoms with Crippen LogP contribution in [0.15, 0.2) is 0 Å². The minimum Gasteiger partial charge on any atom is -0.333 e. The van der Waals surface area contributed by atoms with Crippen LogP contribution in [0.3, 0.4) is 0 Å². The Kier molecular flexibility index (Phi) is 5.75. The molecule has 0 aromatic carbocycles. The van der Waals surface area contributed by atoms with Crippen LogP contribution in [0, 0.1) is 0 Å². The molecule has 0 saturated carbocycles. The van der Waals surface area contributed by atoms with Crippen molar-refractivity contribution in [2.24, 2.45) is 0 Å². The Morgan fingerprint density at radius 3 is 2.58 bits per heavy atom. The van der Waals surface area contributed by atoms with Crippen molar-refractivity contribution < 1.29 is 9.59 Å². The topological polar surface area (TPSA) is 73.5 Å². The highest BCUT2D eigenvalue weighted by Gasteiger charge is 2.21. The molecule has 0 spiro atoms. The number of amides is 3. The van der Waals surface area contributed by atoms with Crippen LogP contribution < -0.4 is 16.0 Å². The van der Waals surface area contributed by atoms with Crippen LogP contribution in [0.1, 0.15) is 33.6 Å². The predicted molar refractivity (Wildman–Crippen MR) is 74.9 cm³/mol. The lowest BCUT2D eigenvalue weighted by Gasteiger charge is -2.31. The molecule has 1 unspecified atom stereocenters. The van der Waals surface area contributed by atoms with Gasteiger partial charge >= 0.3 is 6.03 Å². The monoisotopic (exact) mass is 270 g/mol. The fourth-order valence-electron chi connectivity index (χ4n) is 2.10. The third-order valence-electron chi connectivity index (χ3n) is 3.03. The average Bonchev–Trinajstić information content (AvgIpc) is 2.27. The summed E-state index contributed by atoms with van der Waals surface area (Å²) in [4.78, 5) is 25.3. The van der Waals surface area contributed by atoms with Gasteiger partial charge < -0.3 is 10.6 Å². The first-order chi connectivity index (χ1) is 8.78. The minimum absolute atomic E-state index is 0.240. The molecule has 0 radical (unpaired) electrons. The quantitative estimate of drug-likeness (QED) is 0.689. The first-order valence-corrected chi connectivity index (χ1v) is 6.81. The van der Waals surface area contributed by atoms with E-state index < -0.39 is 6.03 Å². The number of rotatable bonds is 3. The number of imide groups is 1. The van der Waals surface area contributed by atoms with Crippen molar-refractivity contribution in [2.75, 3.05) is 26.7 Å². The Morgan fingerprint density at radius 2 is 2.05 bits per heavy atom. The highest BCUT2D eigenvalue weighted by atomic mass is 16.2. The number of carbonyl (C=O) groups excluding carboxylic acids is 2. The molecule has 6 heteroatoms. The van der Waals surface area contributed by atoms with Crippen molar-refractivity contribution in [1.82, 2.24) is 20.9 Å². The second-order valence-corrected chi connectivity index (χ2v) is 6.17. The van der Waals surface area contributed by atoms with E-state index in [4.69, 9.17) is 0 Å². The van der Waals surface area contributed by atoms with Crippen molar-refractivity contribution in [3.8, 4) is 0 Å². The summed E-state index contributed by atoms with van der Waals surface area (Å²) in [5, 5.41) is 8.36. The summed E-state index contributed by atoms with van der Waals surface area (Å²) in [6.07, 6.45) is 2.21. The van der Waals surface area contributed by atoms with Gasteiger partial charge in [0.1, 0.15) is 0 Å². The number of urea groups is 1.